The maximum atomic E-state index is 12.6. The van der Waals surface area contributed by atoms with Gasteiger partial charge in [-0.1, -0.05) is 55.1 Å². The molecule has 0 bridgehead atoms. The lowest BCUT2D eigenvalue weighted by Crippen LogP contribution is -2.06. The quantitative estimate of drug-likeness (QED) is 0.416. The minimum Gasteiger partial charge on any atom is -0.289 e. The third-order valence-corrected chi connectivity index (χ3v) is 4.98. The molecule has 1 saturated carbocycles. The number of benzene rings is 2. The van der Waals surface area contributed by atoms with Crippen molar-refractivity contribution < 1.29 is 9.72 Å². The van der Waals surface area contributed by atoms with E-state index >= 15 is 0 Å². The van der Waals surface area contributed by atoms with E-state index in [2.05, 4.69) is 0 Å². The van der Waals surface area contributed by atoms with Gasteiger partial charge in [0.2, 0.25) is 0 Å². The second-order valence-corrected chi connectivity index (χ2v) is 6.61. The van der Waals surface area contributed by atoms with Crippen LogP contribution in [0.5, 0.6) is 0 Å². The Morgan fingerprint density at radius 1 is 1.04 bits per heavy atom. The number of rotatable bonds is 4. The van der Waals surface area contributed by atoms with E-state index in [1.165, 1.54) is 55.9 Å². The molecular formula is C19H18ClNO3. The summed E-state index contributed by atoms with van der Waals surface area (Å²) in [6.45, 7) is 0. The van der Waals surface area contributed by atoms with Gasteiger partial charge in [-0.25, -0.2) is 0 Å². The topological polar surface area (TPSA) is 60.2 Å². The second kappa shape index (κ2) is 7.14. The van der Waals surface area contributed by atoms with Crippen molar-refractivity contribution in [2.45, 2.75) is 38.0 Å². The van der Waals surface area contributed by atoms with Gasteiger partial charge in [-0.2, -0.15) is 0 Å². The third-order valence-electron chi connectivity index (χ3n) is 4.65. The molecule has 1 aliphatic rings. The van der Waals surface area contributed by atoms with E-state index in [-0.39, 0.29) is 22.1 Å². The van der Waals surface area contributed by atoms with Crippen LogP contribution in [0.2, 0.25) is 5.02 Å². The second-order valence-electron chi connectivity index (χ2n) is 6.21. The highest BCUT2D eigenvalue weighted by atomic mass is 35.5. The number of hydrogen-bond donors (Lipinski definition) is 0. The smallest absolute Gasteiger partial charge is 0.270 e. The molecule has 0 radical (unpaired) electrons. The highest BCUT2D eigenvalue weighted by Gasteiger charge is 2.19. The standard InChI is InChI=1S/C19H18ClNO3/c20-18-11-10-16(21(23)24)12-17(18)19(22)15-8-6-14(7-9-15)13-4-2-1-3-5-13/h6-13H,1-5H2. The molecule has 1 fully saturated rings. The molecule has 124 valence electrons. The molecule has 0 heterocycles. The highest BCUT2D eigenvalue weighted by molar-refractivity contribution is 6.35. The van der Waals surface area contributed by atoms with Crippen molar-refractivity contribution in [3.63, 3.8) is 0 Å². The summed E-state index contributed by atoms with van der Waals surface area (Å²) in [6.07, 6.45) is 6.22. The lowest BCUT2D eigenvalue weighted by atomic mass is 9.83. The Kier molecular flexibility index (Phi) is 4.95. The molecule has 2 aromatic carbocycles. The van der Waals surface area contributed by atoms with Gasteiger partial charge in [-0.15, -0.1) is 0 Å². The van der Waals surface area contributed by atoms with Crippen LogP contribution in [0.4, 0.5) is 5.69 Å². The van der Waals surface area contributed by atoms with Crippen LogP contribution in [-0.4, -0.2) is 10.7 Å². The molecule has 0 atom stereocenters. The monoisotopic (exact) mass is 343 g/mol. The average Bonchev–Trinajstić information content (AvgIpc) is 2.62. The van der Waals surface area contributed by atoms with E-state index in [1.807, 2.05) is 12.1 Å². The number of nitro groups is 1. The Hall–Kier alpha value is -2.20. The Balaban J connectivity index is 1.85. The van der Waals surface area contributed by atoms with Crippen LogP contribution in [0.25, 0.3) is 0 Å². The molecule has 24 heavy (non-hydrogen) atoms. The van der Waals surface area contributed by atoms with Gasteiger partial charge in [0.1, 0.15) is 0 Å². The molecule has 0 amide bonds. The number of ketones is 1. The van der Waals surface area contributed by atoms with Gasteiger partial charge in [-0.05, 0) is 30.4 Å². The summed E-state index contributed by atoms with van der Waals surface area (Å²) in [5, 5.41) is 11.1. The van der Waals surface area contributed by atoms with E-state index in [0.717, 1.165) is 0 Å². The molecule has 2 aromatic rings. The Morgan fingerprint density at radius 2 is 1.71 bits per heavy atom. The first-order valence-corrected chi connectivity index (χ1v) is 8.52. The predicted molar refractivity (Wildman–Crippen MR) is 93.8 cm³/mol. The lowest BCUT2D eigenvalue weighted by molar-refractivity contribution is -0.384. The molecule has 5 heteroatoms. The van der Waals surface area contributed by atoms with E-state index in [0.29, 0.717) is 11.5 Å². The van der Waals surface area contributed by atoms with Gasteiger partial charge >= 0.3 is 0 Å². The van der Waals surface area contributed by atoms with Gasteiger partial charge in [-0.3, -0.25) is 14.9 Å². The van der Waals surface area contributed by atoms with Gasteiger partial charge < -0.3 is 0 Å². The molecule has 0 aliphatic heterocycles. The summed E-state index contributed by atoms with van der Waals surface area (Å²) < 4.78 is 0. The largest absolute Gasteiger partial charge is 0.289 e. The molecule has 0 N–H and O–H groups in total. The van der Waals surface area contributed by atoms with Crippen LogP contribution < -0.4 is 0 Å². The van der Waals surface area contributed by atoms with Crippen LogP contribution in [0.15, 0.2) is 42.5 Å². The number of non-ortho nitro benzene ring substituents is 1. The van der Waals surface area contributed by atoms with Crippen molar-refractivity contribution in [3.05, 3.63) is 74.3 Å². The molecule has 0 spiro atoms. The Morgan fingerprint density at radius 3 is 2.33 bits per heavy atom. The first kappa shape index (κ1) is 16.7. The summed E-state index contributed by atoms with van der Waals surface area (Å²) in [7, 11) is 0. The zero-order valence-corrected chi connectivity index (χ0v) is 14.0. The number of carbonyl (C=O) groups is 1. The van der Waals surface area contributed by atoms with Crippen molar-refractivity contribution in [2.24, 2.45) is 0 Å². The van der Waals surface area contributed by atoms with E-state index < -0.39 is 4.92 Å². The van der Waals surface area contributed by atoms with Crippen LogP contribution in [0, 0.1) is 10.1 Å². The minimum absolute atomic E-state index is 0.137. The van der Waals surface area contributed by atoms with E-state index in [1.54, 1.807) is 12.1 Å². The summed E-state index contributed by atoms with van der Waals surface area (Å²) >= 11 is 6.06. The van der Waals surface area contributed by atoms with E-state index in [9.17, 15) is 14.9 Å². The number of halogens is 1. The fraction of sp³-hybridized carbons (Fsp3) is 0.316. The molecule has 3 rings (SSSR count). The summed E-state index contributed by atoms with van der Waals surface area (Å²) in [5.41, 5.74) is 1.78. The number of nitrogens with zero attached hydrogens (tertiary/aromatic N) is 1. The molecular weight excluding hydrogens is 326 g/mol. The molecule has 1 aliphatic carbocycles. The zero-order valence-electron chi connectivity index (χ0n) is 13.2. The van der Waals surface area contributed by atoms with Crippen molar-refractivity contribution >= 4 is 23.1 Å². The molecule has 0 saturated heterocycles. The van der Waals surface area contributed by atoms with Gasteiger partial charge in [0.05, 0.1) is 9.95 Å². The van der Waals surface area contributed by atoms with Crippen LogP contribution in [-0.2, 0) is 0 Å². The lowest BCUT2D eigenvalue weighted by Gasteiger charge is -2.22. The number of nitro benzene ring substituents is 1. The molecule has 0 aromatic heterocycles. The van der Waals surface area contributed by atoms with E-state index in [4.69, 9.17) is 11.6 Å². The Labute approximate surface area is 145 Å². The number of carbonyl (C=O) groups excluding carboxylic acids is 1. The van der Waals surface area contributed by atoms with Crippen molar-refractivity contribution in [3.8, 4) is 0 Å². The fourth-order valence-electron chi connectivity index (χ4n) is 3.30. The Bertz CT molecular complexity index is 765. The van der Waals surface area contributed by atoms with Crippen molar-refractivity contribution in [1.29, 1.82) is 0 Å². The minimum atomic E-state index is -0.528. The maximum Gasteiger partial charge on any atom is 0.270 e. The van der Waals surface area contributed by atoms with Crippen LogP contribution in [0.3, 0.4) is 0 Å². The molecule has 0 unspecified atom stereocenters. The maximum absolute atomic E-state index is 12.6. The van der Waals surface area contributed by atoms with Crippen LogP contribution >= 0.6 is 11.6 Å². The fourth-order valence-corrected chi connectivity index (χ4v) is 3.50. The average molecular weight is 344 g/mol. The first-order chi connectivity index (χ1) is 11.6. The van der Waals surface area contributed by atoms with Crippen molar-refractivity contribution in [1.82, 2.24) is 0 Å². The molecule has 4 nitrogen and oxygen atoms in total. The SMILES string of the molecule is O=C(c1ccc(C2CCCCC2)cc1)c1cc([N+](=O)[O-])ccc1Cl. The zero-order chi connectivity index (χ0) is 17.1. The number of hydrogen-bond acceptors (Lipinski definition) is 3. The summed E-state index contributed by atoms with van der Waals surface area (Å²) in [5.74, 6) is 0.281. The first-order valence-electron chi connectivity index (χ1n) is 8.15. The summed E-state index contributed by atoms with van der Waals surface area (Å²) in [4.78, 5) is 23.0. The predicted octanol–water partition coefficient (Wildman–Crippen LogP) is 5.53. The van der Waals surface area contributed by atoms with Gasteiger partial charge in [0.25, 0.3) is 5.69 Å². The van der Waals surface area contributed by atoms with Gasteiger partial charge in [0.15, 0.2) is 5.78 Å². The third kappa shape index (κ3) is 3.49. The van der Waals surface area contributed by atoms with Gasteiger partial charge in [0, 0.05) is 23.3 Å². The summed E-state index contributed by atoms with van der Waals surface area (Å²) in [6, 6.07) is 11.5. The van der Waals surface area contributed by atoms with Crippen LogP contribution in [0.1, 0.15) is 59.5 Å². The normalized spacial score (nSPS) is 15.2. The van der Waals surface area contributed by atoms with Crippen molar-refractivity contribution in [2.75, 3.05) is 0 Å². The highest BCUT2D eigenvalue weighted by Crippen LogP contribution is 2.33.